The molecule has 0 saturated carbocycles. The van der Waals surface area contributed by atoms with Crippen LogP contribution in [0, 0.1) is 6.92 Å². The maximum absolute atomic E-state index is 12.6. The van der Waals surface area contributed by atoms with Crippen LogP contribution >= 0.6 is 0 Å². The first-order valence-corrected chi connectivity index (χ1v) is 7.03. The second-order valence-electron chi connectivity index (χ2n) is 5.20. The Hall–Kier alpha value is -1.56. The number of piperazine rings is 1. The minimum Gasteiger partial charge on any atom is -0.369 e. The van der Waals surface area contributed by atoms with Crippen molar-refractivity contribution < 1.29 is 18.0 Å². The van der Waals surface area contributed by atoms with Gasteiger partial charge in [0.25, 0.3) is 5.78 Å². The van der Waals surface area contributed by atoms with Gasteiger partial charge in [-0.15, -0.1) is 0 Å². The third-order valence-corrected chi connectivity index (χ3v) is 3.97. The summed E-state index contributed by atoms with van der Waals surface area (Å²) in [7, 11) is 0. The molecule has 116 valence electrons. The van der Waals surface area contributed by atoms with Gasteiger partial charge in [0.05, 0.1) is 0 Å². The highest BCUT2D eigenvalue weighted by Crippen LogP contribution is 2.29. The minimum absolute atomic E-state index is 0.252. The molecule has 6 heteroatoms. The molecule has 0 radical (unpaired) electrons. The minimum atomic E-state index is -4.83. The highest BCUT2D eigenvalue weighted by Gasteiger charge is 2.40. The summed E-state index contributed by atoms with van der Waals surface area (Å²) in [5.41, 5.74) is 0.878. The van der Waals surface area contributed by atoms with Crippen molar-refractivity contribution >= 4 is 11.5 Å². The first-order chi connectivity index (χ1) is 9.84. The van der Waals surface area contributed by atoms with E-state index in [-0.39, 0.29) is 5.56 Å². The van der Waals surface area contributed by atoms with Crippen molar-refractivity contribution in [2.75, 3.05) is 37.6 Å². The lowest BCUT2D eigenvalue weighted by Gasteiger charge is -2.36. The van der Waals surface area contributed by atoms with Crippen LogP contribution in [0.3, 0.4) is 0 Å². The maximum Gasteiger partial charge on any atom is 0.454 e. The molecular formula is C15H19F3N2O. The molecular weight excluding hydrogens is 281 g/mol. The molecule has 1 aliphatic heterocycles. The maximum atomic E-state index is 12.6. The molecule has 0 amide bonds. The van der Waals surface area contributed by atoms with Crippen molar-refractivity contribution in [3.05, 3.63) is 29.3 Å². The van der Waals surface area contributed by atoms with Crippen LogP contribution in [0.15, 0.2) is 18.2 Å². The quantitative estimate of drug-likeness (QED) is 0.802. The smallest absolute Gasteiger partial charge is 0.369 e. The molecule has 0 bridgehead atoms. The summed E-state index contributed by atoms with van der Waals surface area (Å²) in [6.07, 6.45) is -4.83. The van der Waals surface area contributed by atoms with Gasteiger partial charge >= 0.3 is 6.18 Å². The van der Waals surface area contributed by atoms with Crippen molar-refractivity contribution in [2.45, 2.75) is 20.0 Å². The van der Waals surface area contributed by atoms with Crippen LogP contribution in [0.2, 0.25) is 0 Å². The van der Waals surface area contributed by atoms with E-state index in [2.05, 4.69) is 16.7 Å². The van der Waals surface area contributed by atoms with Crippen LogP contribution in [-0.4, -0.2) is 49.6 Å². The number of carbonyl (C=O) groups excluding carboxylic acids is 1. The fraction of sp³-hybridized carbons (Fsp3) is 0.533. The fourth-order valence-electron chi connectivity index (χ4n) is 2.67. The van der Waals surface area contributed by atoms with Gasteiger partial charge in [-0.05, 0) is 25.1 Å². The first-order valence-electron chi connectivity index (χ1n) is 7.03. The summed E-state index contributed by atoms with van der Waals surface area (Å²) in [5.74, 6) is -1.77. The van der Waals surface area contributed by atoms with Crippen LogP contribution in [0.1, 0.15) is 22.8 Å². The Morgan fingerprint density at radius 3 is 2.33 bits per heavy atom. The van der Waals surface area contributed by atoms with Crippen molar-refractivity contribution in [3.63, 3.8) is 0 Å². The number of alkyl halides is 3. The van der Waals surface area contributed by atoms with Crippen LogP contribution in [0.5, 0.6) is 0 Å². The average Bonchev–Trinajstić information content (AvgIpc) is 2.46. The Morgan fingerprint density at radius 1 is 1.19 bits per heavy atom. The monoisotopic (exact) mass is 300 g/mol. The number of Topliss-reactive ketones (excluding diaryl/α,β-unsaturated/α-hetero) is 1. The van der Waals surface area contributed by atoms with Gasteiger partial charge in [-0.3, -0.25) is 4.79 Å². The molecule has 0 atom stereocenters. The third-order valence-electron chi connectivity index (χ3n) is 3.97. The molecule has 0 unspecified atom stereocenters. The van der Waals surface area contributed by atoms with E-state index in [0.717, 1.165) is 38.4 Å². The van der Waals surface area contributed by atoms with Crippen LogP contribution < -0.4 is 4.90 Å². The zero-order valence-corrected chi connectivity index (χ0v) is 12.2. The molecule has 0 aromatic heterocycles. The van der Waals surface area contributed by atoms with E-state index in [1.165, 1.54) is 12.1 Å². The molecule has 21 heavy (non-hydrogen) atoms. The zero-order chi connectivity index (χ0) is 15.6. The Kier molecular flexibility index (Phi) is 4.56. The number of rotatable bonds is 3. The molecule has 1 heterocycles. The number of likely N-dealkylation sites (N-methyl/N-ethyl adjacent to an activating group) is 1. The number of ketones is 1. The Bertz CT molecular complexity index is 520. The second-order valence-corrected chi connectivity index (χ2v) is 5.20. The Balaban J connectivity index is 2.25. The molecule has 0 aliphatic carbocycles. The molecule has 3 nitrogen and oxygen atoms in total. The molecule has 1 aromatic carbocycles. The summed E-state index contributed by atoms with van der Waals surface area (Å²) >= 11 is 0. The number of nitrogens with zero attached hydrogens (tertiary/aromatic N) is 2. The van der Waals surface area contributed by atoms with Crippen molar-refractivity contribution in [1.82, 2.24) is 4.90 Å². The Labute approximate surface area is 122 Å². The van der Waals surface area contributed by atoms with Crippen molar-refractivity contribution in [3.8, 4) is 0 Å². The molecule has 1 saturated heterocycles. The van der Waals surface area contributed by atoms with Gasteiger partial charge in [-0.25, -0.2) is 0 Å². The van der Waals surface area contributed by atoms with Gasteiger partial charge in [-0.1, -0.05) is 19.1 Å². The molecule has 0 N–H and O–H groups in total. The number of halogens is 3. The fourth-order valence-corrected chi connectivity index (χ4v) is 2.67. The van der Waals surface area contributed by atoms with E-state index >= 15 is 0 Å². The van der Waals surface area contributed by atoms with Gasteiger partial charge in [0.15, 0.2) is 0 Å². The van der Waals surface area contributed by atoms with E-state index in [9.17, 15) is 18.0 Å². The SMILES string of the molecule is CCN1CCN(c2cccc(C(=O)C(F)(F)F)c2C)CC1. The van der Waals surface area contributed by atoms with Crippen LogP contribution in [-0.2, 0) is 0 Å². The second kappa shape index (κ2) is 6.05. The number of hydrogen-bond donors (Lipinski definition) is 0. The lowest BCUT2D eigenvalue weighted by atomic mass is 10.0. The van der Waals surface area contributed by atoms with Crippen molar-refractivity contribution in [2.24, 2.45) is 0 Å². The average molecular weight is 300 g/mol. The normalized spacial score (nSPS) is 17.1. The number of anilines is 1. The van der Waals surface area contributed by atoms with E-state index < -0.39 is 12.0 Å². The molecule has 1 aromatic rings. The lowest BCUT2D eigenvalue weighted by molar-refractivity contribution is -0.0885. The molecule has 2 rings (SSSR count). The van der Waals surface area contributed by atoms with Crippen molar-refractivity contribution in [1.29, 1.82) is 0 Å². The first kappa shape index (κ1) is 15.8. The van der Waals surface area contributed by atoms with Gasteiger partial charge in [0.2, 0.25) is 0 Å². The lowest BCUT2D eigenvalue weighted by Crippen LogP contribution is -2.46. The largest absolute Gasteiger partial charge is 0.454 e. The predicted molar refractivity (Wildman–Crippen MR) is 75.9 cm³/mol. The molecule has 1 aliphatic rings. The van der Waals surface area contributed by atoms with Gasteiger partial charge in [0.1, 0.15) is 0 Å². The molecule has 0 spiro atoms. The predicted octanol–water partition coefficient (Wildman–Crippen LogP) is 2.88. The van der Waals surface area contributed by atoms with Gasteiger partial charge in [-0.2, -0.15) is 13.2 Å². The van der Waals surface area contributed by atoms with E-state index in [4.69, 9.17) is 0 Å². The third kappa shape index (κ3) is 3.37. The number of carbonyl (C=O) groups is 1. The highest BCUT2D eigenvalue weighted by atomic mass is 19.4. The van der Waals surface area contributed by atoms with Crippen LogP contribution in [0.25, 0.3) is 0 Å². The summed E-state index contributed by atoms with van der Waals surface area (Å²) in [5, 5.41) is 0. The van der Waals surface area contributed by atoms with Gasteiger partial charge in [0, 0.05) is 37.4 Å². The van der Waals surface area contributed by atoms with E-state index in [0.29, 0.717) is 5.56 Å². The van der Waals surface area contributed by atoms with Crippen LogP contribution in [0.4, 0.5) is 18.9 Å². The zero-order valence-electron chi connectivity index (χ0n) is 12.2. The Morgan fingerprint density at radius 2 is 1.81 bits per heavy atom. The number of benzene rings is 1. The summed E-state index contributed by atoms with van der Waals surface area (Å²) < 4.78 is 37.8. The van der Waals surface area contributed by atoms with E-state index in [1.807, 2.05) is 0 Å². The summed E-state index contributed by atoms with van der Waals surface area (Å²) in [4.78, 5) is 15.8. The highest BCUT2D eigenvalue weighted by molar-refractivity contribution is 6.02. The van der Waals surface area contributed by atoms with E-state index in [1.54, 1.807) is 13.0 Å². The summed E-state index contributed by atoms with van der Waals surface area (Å²) in [6, 6.07) is 4.55. The molecule has 1 fully saturated rings. The topological polar surface area (TPSA) is 23.6 Å². The van der Waals surface area contributed by atoms with Gasteiger partial charge < -0.3 is 9.80 Å². The standard InChI is InChI=1S/C15H19F3N2O/c1-3-19-7-9-20(10-8-19)13-6-4-5-12(11(13)2)14(21)15(16,17)18/h4-6H,3,7-10H2,1-2H3. The summed E-state index contributed by atoms with van der Waals surface area (Å²) in [6.45, 7) is 7.93. The number of hydrogen-bond acceptors (Lipinski definition) is 3.